The van der Waals surface area contributed by atoms with E-state index in [1.165, 1.54) is 12.4 Å². The lowest BCUT2D eigenvalue weighted by Gasteiger charge is -2.04. The van der Waals surface area contributed by atoms with Crippen molar-refractivity contribution in [3.05, 3.63) is 17.4 Å². The Morgan fingerprint density at radius 2 is 2.13 bits per heavy atom. The van der Waals surface area contributed by atoms with E-state index < -0.39 is 11.9 Å². The average molecular weight is 230 g/mol. The van der Waals surface area contributed by atoms with Crippen LogP contribution in [0.25, 0.3) is 0 Å². The molecular weight excluding hydrogens is 222 g/mol. The first kappa shape index (κ1) is 11.4. The van der Waals surface area contributed by atoms with E-state index in [1.807, 2.05) is 0 Å². The van der Waals surface area contributed by atoms with Gasteiger partial charge in [-0.15, -0.1) is 0 Å². The Labute approximate surface area is 90.6 Å². The maximum Gasteiger partial charge on any atom is 0.397 e. The Hall–Kier alpha value is -1.69. The van der Waals surface area contributed by atoms with E-state index >= 15 is 0 Å². The van der Waals surface area contributed by atoms with Gasteiger partial charge in [-0.05, 0) is 6.92 Å². The van der Waals surface area contributed by atoms with Crippen LogP contribution in [0.1, 0.15) is 6.92 Å². The zero-order valence-corrected chi connectivity index (χ0v) is 8.61. The highest BCUT2D eigenvalue weighted by molar-refractivity contribution is 6.39. The molecular formula is C8H8ClN3O3. The summed E-state index contributed by atoms with van der Waals surface area (Å²) in [6.07, 6.45) is 2.49. The smallest absolute Gasteiger partial charge is 0.397 e. The van der Waals surface area contributed by atoms with Crippen molar-refractivity contribution in [2.24, 2.45) is 0 Å². The lowest BCUT2D eigenvalue weighted by Crippen LogP contribution is -2.25. The van der Waals surface area contributed by atoms with E-state index in [0.717, 1.165) is 0 Å². The van der Waals surface area contributed by atoms with Gasteiger partial charge in [-0.2, -0.15) is 10.2 Å². The second-order valence-corrected chi connectivity index (χ2v) is 2.83. The van der Waals surface area contributed by atoms with Crippen LogP contribution in [0.3, 0.4) is 0 Å². The number of hydrogen-bond donors (Lipinski definition) is 1. The van der Waals surface area contributed by atoms with E-state index in [-0.39, 0.29) is 17.3 Å². The van der Waals surface area contributed by atoms with Crippen LogP contribution < -0.4 is 5.32 Å². The summed E-state index contributed by atoms with van der Waals surface area (Å²) in [4.78, 5) is 22.1. The number of carbonyl (C=O) groups is 2. The summed E-state index contributed by atoms with van der Waals surface area (Å²) in [5.74, 6) is -1.86. The van der Waals surface area contributed by atoms with Crippen LogP contribution in [0.2, 0.25) is 5.02 Å². The molecule has 1 aromatic rings. The number of anilines is 1. The first-order valence-corrected chi connectivity index (χ1v) is 4.47. The van der Waals surface area contributed by atoms with Gasteiger partial charge >= 0.3 is 11.9 Å². The Morgan fingerprint density at radius 1 is 1.47 bits per heavy atom. The molecule has 1 N–H and O–H groups in total. The number of esters is 1. The van der Waals surface area contributed by atoms with Crippen LogP contribution in [0.5, 0.6) is 0 Å². The number of amides is 1. The zero-order valence-electron chi connectivity index (χ0n) is 7.86. The zero-order chi connectivity index (χ0) is 11.3. The summed E-state index contributed by atoms with van der Waals surface area (Å²) in [6.45, 7) is 1.74. The van der Waals surface area contributed by atoms with Crippen molar-refractivity contribution in [1.82, 2.24) is 10.2 Å². The SMILES string of the molecule is CCOC(=O)C(=O)Nc1cnncc1Cl. The van der Waals surface area contributed by atoms with E-state index in [9.17, 15) is 9.59 Å². The van der Waals surface area contributed by atoms with Gasteiger partial charge in [0.2, 0.25) is 0 Å². The Kier molecular flexibility index (Phi) is 3.99. The molecule has 0 aliphatic rings. The number of aromatic nitrogens is 2. The fraction of sp³-hybridized carbons (Fsp3) is 0.250. The second-order valence-electron chi connectivity index (χ2n) is 2.43. The number of nitrogens with one attached hydrogen (secondary N) is 1. The molecule has 0 saturated heterocycles. The van der Waals surface area contributed by atoms with Crippen molar-refractivity contribution in [3.8, 4) is 0 Å². The first-order valence-electron chi connectivity index (χ1n) is 4.09. The molecule has 0 unspecified atom stereocenters. The molecule has 15 heavy (non-hydrogen) atoms. The summed E-state index contributed by atoms with van der Waals surface area (Å²) in [6, 6.07) is 0. The monoisotopic (exact) mass is 229 g/mol. The summed E-state index contributed by atoms with van der Waals surface area (Å²) in [7, 11) is 0. The third-order valence-corrected chi connectivity index (χ3v) is 1.69. The topological polar surface area (TPSA) is 81.2 Å². The van der Waals surface area contributed by atoms with Crippen molar-refractivity contribution in [2.75, 3.05) is 11.9 Å². The number of nitrogens with zero attached hydrogens (tertiary/aromatic N) is 2. The molecule has 0 aliphatic heterocycles. The molecule has 0 spiro atoms. The average Bonchev–Trinajstić information content (AvgIpc) is 2.21. The lowest BCUT2D eigenvalue weighted by atomic mass is 10.4. The van der Waals surface area contributed by atoms with E-state index in [2.05, 4.69) is 20.3 Å². The number of ether oxygens (including phenoxy) is 1. The fourth-order valence-electron chi connectivity index (χ4n) is 0.768. The largest absolute Gasteiger partial charge is 0.459 e. The Morgan fingerprint density at radius 3 is 2.73 bits per heavy atom. The Bertz CT molecular complexity index is 383. The molecule has 0 radical (unpaired) electrons. The van der Waals surface area contributed by atoms with Gasteiger partial charge in [-0.3, -0.25) is 4.79 Å². The van der Waals surface area contributed by atoms with Gasteiger partial charge in [0.15, 0.2) is 0 Å². The minimum Gasteiger partial charge on any atom is -0.459 e. The van der Waals surface area contributed by atoms with E-state index in [4.69, 9.17) is 11.6 Å². The van der Waals surface area contributed by atoms with Crippen molar-refractivity contribution < 1.29 is 14.3 Å². The minimum absolute atomic E-state index is 0.134. The molecule has 80 valence electrons. The van der Waals surface area contributed by atoms with Gasteiger partial charge in [0.05, 0.1) is 29.7 Å². The van der Waals surface area contributed by atoms with Crippen molar-refractivity contribution >= 4 is 29.2 Å². The third-order valence-electron chi connectivity index (χ3n) is 1.39. The van der Waals surface area contributed by atoms with E-state index in [1.54, 1.807) is 6.92 Å². The molecule has 6 nitrogen and oxygen atoms in total. The predicted octanol–water partition coefficient (Wildman–Crippen LogP) is 0.632. The number of rotatable bonds is 2. The first-order chi connectivity index (χ1) is 7.15. The molecule has 0 aliphatic carbocycles. The van der Waals surface area contributed by atoms with Crippen LogP contribution >= 0.6 is 11.6 Å². The standard InChI is InChI=1S/C8H8ClN3O3/c1-2-15-8(14)7(13)12-6-4-11-10-3-5(6)9/h3-4H,2H2,1H3,(H,10,12,13). The van der Waals surface area contributed by atoms with Crippen LogP contribution in [0, 0.1) is 0 Å². The van der Waals surface area contributed by atoms with Gasteiger partial charge in [0, 0.05) is 0 Å². The van der Waals surface area contributed by atoms with Crippen LogP contribution in [-0.2, 0) is 14.3 Å². The molecule has 0 bridgehead atoms. The van der Waals surface area contributed by atoms with Gasteiger partial charge in [-0.1, -0.05) is 11.6 Å². The maximum absolute atomic E-state index is 11.2. The molecule has 1 aromatic heterocycles. The van der Waals surface area contributed by atoms with Gasteiger partial charge in [-0.25, -0.2) is 4.79 Å². The molecule has 0 atom stereocenters. The predicted molar refractivity (Wildman–Crippen MR) is 52.3 cm³/mol. The lowest BCUT2D eigenvalue weighted by molar-refractivity contribution is -0.152. The van der Waals surface area contributed by atoms with E-state index in [0.29, 0.717) is 0 Å². The molecule has 7 heteroatoms. The highest BCUT2D eigenvalue weighted by Crippen LogP contribution is 2.17. The highest BCUT2D eigenvalue weighted by Gasteiger charge is 2.16. The molecule has 0 fully saturated rings. The van der Waals surface area contributed by atoms with Gasteiger partial charge in [0.25, 0.3) is 0 Å². The normalized spacial score (nSPS) is 9.47. The third kappa shape index (κ3) is 3.17. The van der Waals surface area contributed by atoms with Crippen LogP contribution in [0.15, 0.2) is 12.4 Å². The van der Waals surface area contributed by atoms with Crippen LogP contribution in [-0.4, -0.2) is 28.7 Å². The number of carbonyl (C=O) groups excluding carboxylic acids is 2. The summed E-state index contributed by atoms with van der Waals surface area (Å²) in [5.41, 5.74) is 0.213. The summed E-state index contributed by atoms with van der Waals surface area (Å²) in [5, 5.41) is 9.43. The van der Waals surface area contributed by atoms with Crippen molar-refractivity contribution in [3.63, 3.8) is 0 Å². The highest BCUT2D eigenvalue weighted by atomic mass is 35.5. The quantitative estimate of drug-likeness (QED) is 0.594. The number of halogens is 1. The molecule has 1 rings (SSSR count). The summed E-state index contributed by atoms with van der Waals surface area (Å²) < 4.78 is 4.49. The van der Waals surface area contributed by atoms with Crippen molar-refractivity contribution in [1.29, 1.82) is 0 Å². The van der Waals surface area contributed by atoms with Gasteiger partial charge < -0.3 is 10.1 Å². The minimum atomic E-state index is -0.967. The molecule has 1 amide bonds. The maximum atomic E-state index is 11.2. The molecule has 1 heterocycles. The summed E-state index contributed by atoms with van der Waals surface area (Å²) >= 11 is 5.68. The molecule has 0 aromatic carbocycles. The fourth-order valence-corrected chi connectivity index (χ4v) is 0.908. The van der Waals surface area contributed by atoms with Gasteiger partial charge in [0.1, 0.15) is 0 Å². The van der Waals surface area contributed by atoms with Crippen LogP contribution in [0.4, 0.5) is 5.69 Å². The second kappa shape index (κ2) is 5.26. The molecule has 0 saturated carbocycles. The Balaban J connectivity index is 2.67. The number of hydrogen-bond acceptors (Lipinski definition) is 5. The van der Waals surface area contributed by atoms with Crippen molar-refractivity contribution in [2.45, 2.75) is 6.92 Å².